The van der Waals surface area contributed by atoms with Gasteiger partial charge in [0.25, 0.3) is 0 Å². The zero-order valence-corrected chi connectivity index (χ0v) is 5.90. The number of amidine groups is 1. The van der Waals surface area contributed by atoms with Crippen LogP contribution in [-0.2, 0) is 0 Å². The van der Waals surface area contributed by atoms with Crippen molar-refractivity contribution in [3.05, 3.63) is 11.5 Å². The van der Waals surface area contributed by atoms with Crippen molar-refractivity contribution in [1.29, 1.82) is 0 Å². The molecular weight excluding hydrogens is 120 g/mol. The largest absolute Gasteiger partial charge is 0.378 e. The van der Waals surface area contributed by atoms with E-state index in [2.05, 4.69) is 4.99 Å². The normalized spacial score (nSPS) is 13.0. The van der Waals surface area contributed by atoms with Crippen LogP contribution in [0.2, 0.25) is 0 Å². The Morgan fingerprint density at radius 3 is 2.75 bits per heavy atom. The van der Waals surface area contributed by atoms with E-state index in [1.54, 1.807) is 7.05 Å². The van der Waals surface area contributed by atoms with Gasteiger partial charge < -0.3 is 5.73 Å². The molecule has 0 heterocycles. The van der Waals surface area contributed by atoms with E-state index in [1.807, 2.05) is 18.4 Å². The molecule has 0 unspecified atom stereocenters. The van der Waals surface area contributed by atoms with Gasteiger partial charge in [0, 0.05) is 7.05 Å². The average Bonchev–Trinajstić information content (AvgIpc) is 1.83. The Balaban J connectivity index is 3.40. The minimum absolute atomic E-state index is 0.600. The third kappa shape index (κ3) is 3.74. The van der Waals surface area contributed by atoms with Gasteiger partial charge in [-0.2, -0.15) is 0 Å². The first-order valence-corrected chi connectivity index (χ1v) is 3.19. The molecule has 0 saturated carbocycles. The van der Waals surface area contributed by atoms with Crippen LogP contribution >= 0.6 is 11.8 Å². The second kappa shape index (κ2) is 4.71. The zero-order chi connectivity index (χ0) is 6.41. The van der Waals surface area contributed by atoms with Crippen molar-refractivity contribution in [1.82, 2.24) is 0 Å². The number of rotatable bonds is 1. The predicted octanol–water partition coefficient (Wildman–Crippen LogP) is 1.20. The van der Waals surface area contributed by atoms with E-state index in [1.165, 1.54) is 11.8 Å². The number of nitrogens with zero attached hydrogens (tertiary/aromatic N) is 1. The van der Waals surface area contributed by atoms with Crippen molar-refractivity contribution >= 4 is 16.9 Å². The van der Waals surface area contributed by atoms with Gasteiger partial charge in [0.1, 0.15) is 0 Å². The van der Waals surface area contributed by atoms with E-state index in [4.69, 9.17) is 5.73 Å². The fraction of sp³-hybridized carbons (Fsp3) is 0.400. The van der Waals surface area contributed by atoms with Crippen LogP contribution in [0.15, 0.2) is 16.5 Å². The van der Waals surface area contributed by atoms with Crippen molar-refractivity contribution in [2.45, 2.75) is 6.92 Å². The molecule has 0 amide bonds. The summed E-state index contributed by atoms with van der Waals surface area (Å²) in [5.41, 5.74) is 5.32. The van der Waals surface area contributed by atoms with Crippen LogP contribution < -0.4 is 5.73 Å². The highest BCUT2D eigenvalue weighted by Crippen LogP contribution is 1.99. The molecule has 0 spiro atoms. The topological polar surface area (TPSA) is 38.4 Å². The first kappa shape index (κ1) is 7.56. The molecule has 3 heteroatoms. The highest BCUT2D eigenvalue weighted by molar-refractivity contribution is 8.16. The van der Waals surface area contributed by atoms with Crippen LogP contribution in [0.5, 0.6) is 0 Å². The maximum atomic E-state index is 5.32. The highest BCUT2D eigenvalue weighted by atomic mass is 32.2. The van der Waals surface area contributed by atoms with Gasteiger partial charge in [0.05, 0.1) is 0 Å². The Kier molecular flexibility index (Phi) is 4.45. The minimum atomic E-state index is 0.600. The van der Waals surface area contributed by atoms with E-state index in [0.717, 1.165) is 0 Å². The molecule has 0 rings (SSSR count). The lowest BCUT2D eigenvalue weighted by molar-refractivity contribution is 1.44. The molecule has 0 aromatic rings. The third-order valence-corrected chi connectivity index (χ3v) is 1.38. The average molecular weight is 130 g/mol. The Hall–Kier alpha value is -0.440. The zero-order valence-electron chi connectivity index (χ0n) is 5.09. The first-order chi connectivity index (χ1) is 3.81. The molecule has 2 nitrogen and oxygen atoms in total. The van der Waals surface area contributed by atoms with Gasteiger partial charge in [-0.05, 0) is 12.3 Å². The number of nitrogens with two attached hydrogens (primary N) is 1. The fourth-order valence-corrected chi connectivity index (χ4v) is 0.571. The number of hydrogen-bond acceptors (Lipinski definition) is 2. The van der Waals surface area contributed by atoms with E-state index >= 15 is 0 Å². The summed E-state index contributed by atoms with van der Waals surface area (Å²) in [4.78, 5) is 3.73. The molecular formula is C5H10N2S. The lowest BCUT2D eigenvalue weighted by atomic mass is 10.8. The quantitative estimate of drug-likeness (QED) is 0.428. The number of allylic oxidation sites excluding steroid dienone is 1. The number of hydrogen-bond donors (Lipinski definition) is 1. The molecule has 0 aliphatic rings. The SMILES string of the molecule is C/C=C/SC(N)=NC. The summed E-state index contributed by atoms with van der Waals surface area (Å²) in [5, 5.41) is 2.49. The Morgan fingerprint density at radius 1 is 1.75 bits per heavy atom. The van der Waals surface area contributed by atoms with Gasteiger partial charge in [-0.1, -0.05) is 17.8 Å². The maximum absolute atomic E-state index is 5.32. The molecule has 0 radical (unpaired) electrons. The van der Waals surface area contributed by atoms with E-state index < -0.39 is 0 Å². The van der Waals surface area contributed by atoms with Gasteiger partial charge in [0.2, 0.25) is 0 Å². The second-order valence-electron chi connectivity index (χ2n) is 1.15. The highest BCUT2D eigenvalue weighted by Gasteiger charge is 1.80. The van der Waals surface area contributed by atoms with Crippen LogP contribution in [-0.4, -0.2) is 12.2 Å². The number of thioether (sulfide) groups is 1. The maximum Gasteiger partial charge on any atom is 0.157 e. The Bertz CT molecular complexity index is 107. The van der Waals surface area contributed by atoms with Gasteiger partial charge >= 0.3 is 0 Å². The predicted molar refractivity (Wildman–Crippen MR) is 40.0 cm³/mol. The fourth-order valence-electron chi connectivity index (χ4n) is 0.190. The minimum Gasteiger partial charge on any atom is -0.378 e. The van der Waals surface area contributed by atoms with Gasteiger partial charge in [0.15, 0.2) is 5.17 Å². The Morgan fingerprint density at radius 2 is 2.38 bits per heavy atom. The molecule has 46 valence electrons. The monoisotopic (exact) mass is 130 g/mol. The van der Waals surface area contributed by atoms with Crippen molar-refractivity contribution in [2.24, 2.45) is 10.7 Å². The summed E-state index contributed by atoms with van der Waals surface area (Å²) in [6, 6.07) is 0. The molecule has 0 aromatic heterocycles. The van der Waals surface area contributed by atoms with Crippen LogP contribution in [0.25, 0.3) is 0 Å². The van der Waals surface area contributed by atoms with Crippen LogP contribution in [0.3, 0.4) is 0 Å². The molecule has 0 aromatic carbocycles. The standard InChI is InChI=1S/C5H10N2S/c1-3-4-8-5(6)7-2/h3-4H,1-2H3,(H2,6,7)/b4-3+. The molecule has 0 aliphatic heterocycles. The summed E-state index contributed by atoms with van der Waals surface area (Å²) >= 11 is 1.42. The summed E-state index contributed by atoms with van der Waals surface area (Å²) < 4.78 is 0. The number of aliphatic imine (C=N–C) groups is 1. The molecule has 0 aliphatic carbocycles. The van der Waals surface area contributed by atoms with E-state index in [0.29, 0.717) is 5.17 Å². The summed E-state index contributed by atoms with van der Waals surface area (Å²) in [5.74, 6) is 0. The first-order valence-electron chi connectivity index (χ1n) is 2.31. The summed E-state index contributed by atoms with van der Waals surface area (Å²) in [6.07, 6.45) is 1.92. The summed E-state index contributed by atoms with van der Waals surface area (Å²) in [7, 11) is 1.67. The van der Waals surface area contributed by atoms with Crippen molar-refractivity contribution < 1.29 is 0 Å². The van der Waals surface area contributed by atoms with Crippen molar-refractivity contribution in [3.63, 3.8) is 0 Å². The molecule has 0 saturated heterocycles. The Labute approximate surface area is 53.9 Å². The van der Waals surface area contributed by atoms with Crippen LogP contribution in [0, 0.1) is 0 Å². The van der Waals surface area contributed by atoms with Crippen LogP contribution in [0.4, 0.5) is 0 Å². The molecule has 8 heavy (non-hydrogen) atoms. The summed E-state index contributed by atoms with van der Waals surface area (Å²) in [6.45, 7) is 1.94. The van der Waals surface area contributed by atoms with Crippen LogP contribution in [0.1, 0.15) is 6.92 Å². The van der Waals surface area contributed by atoms with Gasteiger partial charge in [-0.25, -0.2) is 0 Å². The van der Waals surface area contributed by atoms with E-state index in [9.17, 15) is 0 Å². The van der Waals surface area contributed by atoms with Crippen molar-refractivity contribution in [2.75, 3.05) is 7.05 Å². The van der Waals surface area contributed by atoms with Crippen molar-refractivity contribution in [3.8, 4) is 0 Å². The van der Waals surface area contributed by atoms with Gasteiger partial charge in [-0.3, -0.25) is 4.99 Å². The smallest absolute Gasteiger partial charge is 0.157 e. The lowest BCUT2D eigenvalue weighted by Gasteiger charge is -1.87. The van der Waals surface area contributed by atoms with E-state index in [-0.39, 0.29) is 0 Å². The third-order valence-electron chi connectivity index (χ3n) is 0.545. The molecule has 0 atom stereocenters. The molecule has 0 fully saturated rings. The lowest BCUT2D eigenvalue weighted by Crippen LogP contribution is -2.03. The van der Waals surface area contributed by atoms with Gasteiger partial charge in [-0.15, -0.1) is 0 Å². The molecule has 0 bridgehead atoms. The molecule has 2 N–H and O–H groups in total. The second-order valence-corrected chi connectivity index (χ2v) is 2.08.